The molecular weight excluding hydrogens is 262 g/mol. The summed E-state index contributed by atoms with van der Waals surface area (Å²) in [5.41, 5.74) is 4.97. The van der Waals surface area contributed by atoms with Crippen molar-refractivity contribution in [3.8, 4) is 5.88 Å². The molecule has 0 aliphatic rings. The summed E-state index contributed by atoms with van der Waals surface area (Å²) in [6, 6.07) is 0. The molecule has 1 aromatic heterocycles. The van der Waals surface area contributed by atoms with Gasteiger partial charge in [0.15, 0.2) is 0 Å². The Labute approximate surface area is 116 Å². The molecule has 1 rings (SSSR count). The monoisotopic (exact) mass is 283 g/mol. The predicted molar refractivity (Wildman–Crippen MR) is 74.5 cm³/mol. The number of anilines is 1. The first-order chi connectivity index (χ1) is 9.45. The molecule has 0 aliphatic carbocycles. The number of nitrogens with one attached hydrogen (secondary N) is 1. The van der Waals surface area contributed by atoms with Crippen molar-refractivity contribution in [2.45, 2.75) is 45.4 Å². The zero-order valence-electron chi connectivity index (χ0n) is 11.6. The maximum Gasteiger partial charge on any atom is 0.306 e. The molecule has 1 aromatic rings. The SMILES string of the molecule is CCCC[C@H](CCCc1c(O)nc(N)[nH]c1=O)C(=O)O. The lowest BCUT2D eigenvalue weighted by atomic mass is 9.95. The molecule has 0 aromatic carbocycles. The quantitative estimate of drug-likeness (QED) is 0.568. The van der Waals surface area contributed by atoms with Gasteiger partial charge in [-0.3, -0.25) is 14.6 Å². The van der Waals surface area contributed by atoms with Crippen LogP contribution in [0, 0.1) is 5.92 Å². The summed E-state index contributed by atoms with van der Waals surface area (Å²) in [6.45, 7) is 2.01. The van der Waals surface area contributed by atoms with Gasteiger partial charge in [0.05, 0.1) is 11.5 Å². The van der Waals surface area contributed by atoms with E-state index in [9.17, 15) is 14.7 Å². The van der Waals surface area contributed by atoms with E-state index in [1.807, 2.05) is 6.92 Å². The normalized spacial score (nSPS) is 12.2. The fourth-order valence-electron chi connectivity index (χ4n) is 2.10. The van der Waals surface area contributed by atoms with Crippen LogP contribution in [0.15, 0.2) is 4.79 Å². The maximum absolute atomic E-state index is 11.6. The Morgan fingerprint density at radius 2 is 2.05 bits per heavy atom. The number of unbranched alkanes of at least 4 members (excludes halogenated alkanes) is 1. The molecule has 7 heteroatoms. The number of aromatic hydroxyl groups is 1. The van der Waals surface area contributed by atoms with E-state index in [0.29, 0.717) is 19.3 Å². The summed E-state index contributed by atoms with van der Waals surface area (Å²) in [6.07, 6.45) is 3.71. The zero-order chi connectivity index (χ0) is 15.1. The average molecular weight is 283 g/mol. The highest BCUT2D eigenvalue weighted by molar-refractivity contribution is 5.69. The number of carboxylic acid groups (broad SMARTS) is 1. The number of aliphatic carboxylic acids is 1. The number of aromatic nitrogens is 2. The number of nitrogens with two attached hydrogens (primary N) is 1. The summed E-state index contributed by atoms with van der Waals surface area (Å²) < 4.78 is 0. The van der Waals surface area contributed by atoms with E-state index < -0.39 is 17.4 Å². The molecule has 0 amide bonds. The van der Waals surface area contributed by atoms with Crippen LogP contribution in [0.25, 0.3) is 0 Å². The molecule has 7 nitrogen and oxygen atoms in total. The molecule has 0 fully saturated rings. The molecule has 20 heavy (non-hydrogen) atoms. The van der Waals surface area contributed by atoms with Crippen molar-refractivity contribution < 1.29 is 15.0 Å². The molecule has 0 saturated carbocycles. The number of nitrogen functional groups attached to an aromatic ring is 1. The number of carbonyl (C=O) groups is 1. The Balaban J connectivity index is 2.59. The van der Waals surface area contributed by atoms with Crippen LogP contribution in [0.4, 0.5) is 5.95 Å². The van der Waals surface area contributed by atoms with Crippen LogP contribution in [0.2, 0.25) is 0 Å². The Bertz CT molecular complexity index is 513. The summed E-state index contributed by atoms with van der Waals surface area (Å²) in [7, 11) is 0. The fraction of sp³-hybridized carbons (Fsp3) is 0.615. The Morgan fingerprint density at radius 3 is 2.60 bits per heavy atom. The van der Waals surface area contributed by atoms with Gasteiger partial charge in [0.25, 0.3) is 5.56 Å². The minimum Gasteiger partial charge on any atom is -0.493 e. The third kappa shape index (κ3) is 4.56. The molecular formula is C13H21N3O4. The van der Waals surface area contributed by atoms with Crippen molar-refractivity contribution in [1.82, 2.24) is 9.97 Å². The summed E-state index contributed by atoms with van der Waals surface area (Å²) >= 11 is 0. The van der Waals surface area contributed by atoms with E-state index >= 15 is 0 Å². The van der Waals surface area contributed by atoms with Crippen molar-refractivity contribution in [2.24, 2.45) is 5.92 Å². The molecule has 0 bridgehead atoms. The average Bonchev–Trinajstić information content (AvgIpc) is 2.35. The summed E-state index contributed by atoms with van der Waals surface area (Å²) in [4.78, 5) is 28.6. The third-order valence-corrected chi connectivity index (χ3v) is 3.25. The van der Waals surface area contributed by atoms with Crippen LogP contribution in [-0.4, -0.2) is 26.2 Å². The second-order valence-corrected chi connectivity index (χ2v) is 4.82. The van der Waals surface area contributed by atoms with Gasteiger partial charge in [0.1, 0.15) is 0 Å². The first-order valence-corrected chi connectivity index (χ1v) is 6.76. The summed E-state index contributed by atoms with van der Waals surface area (Å²) in [5.74, 6) is -1.74. The highest BCUT2D eigenvalue weighted by Crippen LogP contribution is 2.18. The lowest BCUT2D eigenvalue weighted by molar-refractivity contribution is -0.142. The highest BCUT2D eigenvalue weighted by atomic mass is 16.4. The van der Waals surface area contributed by atoms with Crippen molar-refractivity contribution in [1.29, 1.82) is 0 Å². The second kappa shape index (κ2) is 7.52. The minimum atomic E-state index is -0.813. The minimum absolute atomic E-state index is 0.136. The molecule has 0 aliphatic heterocycles. The van der Waals surface area contributed by atoms with Gasteiger partial charge in [-0.05, 0) is 25.7 Å². The van der Waals surface area contributed by atoms with Crippen molar-refractivity contribution in [3.05, 3.63) is 15.9 Å². The predicted octanol–water partition coefficient (Wildman–Crippen LogP) is 1.27. The number of hydrogen-bond donors (Lipinski definition) is 4. The Kier molecular flexibility index (Phi) is 6.02. The molecule has 112 valence electrons. The van der Waals surface area contributed by atoms with Crippen LogP contribution in [0.5, 0.6) is 5.88 Å². The lowest BCUT2D eigenvalue weighted by Gasteiger charge is -2.11. The molecule has 0 spiro atoms. The van der Waals surface area contributed by atoms with Crippen LogP contribution in [0.3, 0.4) is 0 Å². The third-order valence-electron chi connectivity index (χ3n) is 3.25. The van der Waals surface area contributed by atoms with E-state index in [0.717, 1.165) is 12.8 Å². The zero-order valence-corrected chi connectivity index (χ0v) is 11.6. The lowest BCUT2D eigenvalue weighted by Crippen LogP contribution is -2.18. The van der Waals surface area contributed by atoms with Gasteiger partial charge in [-0.2, -0.15) is 4.98 Å². The van der Waals surface area contributed by atoms with Crippen LogP contribution < -0.4 is 11.3 Å². The van der Waals surface area contributed by atoms with Gasteiger partial charge in [0.2, 0.25) is 11.8 Å². The number of aromatic amines is 1. The van der Waals surface area contributed by atoms with Gasteiger partial charge in [-0.15, -0.1) is 0 Å². The molecule has 0 saturated heterocycles. The van der Waals surface area contributed by atoms with E-state index in [4.69, 9.17) is 10.8 Å². The molecule has 1 atom stereocenters. The van der Waals surface area contributed by atoms with E-state index in [2.05, 4.69) is 9.97 Å². The smallest absolute Gasteiger partial charge is 0.306 e. The standard InChI is InChI=1S/C13H21N3O4/c1-2-3-5-8(12(19)20)6-4-7-9-10(17)15-13(14)16-11(9)18/h8H,2-7H2,1H3,(H,19,20)(H4,14,15,16,17,18)/t8-/m1/s1. The maximum atomic E-state index is 11.6. The van der Waals surface area contributed by atoms with E-state index in [1.165, 1.54) is 0 Å². The van der Waals surface area contributed by atoms with Crippen LogP contribution in [0.1, 0.15) is 44.6 Å². The van der Waals surface area contributed by atoms with Gasteiger partial charge in [-0.25, -0.2) is 0 Å². The second-order valence-electron chi connectivity index (χ2n) is 4.82. The van der Waals surface area contributed by atoms with Crippen LogP contribution >= 0.6 is 0 Å². The van der Waals surface area contributed by atoms with Gasteiger partial charge >= 0.3 is 5.97 Å². The summed E-state index contributed by atoms with van der Waals surface area (Å²) in [5, 5.41) is 18.7. The van der Waals surface area contributed by atoms with Crippen molar-refractivity contribution in [3.63, 3.8) is 0 Å². The molecule has 5 N–H and O–H groups in total. The number of carboxylic acids is 1. The number of nitrogens with zero attached hydrogens (tertiary/aromatic N) is 1. The molecule has 1 heterocycles. The van der Waals surface area contributed by atoms with Crippen molar-refractivity contribution in [2.75, 3.05) is 5.73 Å². The van der Waals surface area contributed by atoms with Crippen LogP contribution in [-0.2, 0) is 11.2 Å². The number of H-pyrrole nitrogens is 1. The number of rotatable bonds is 8. The molecule has 0 unspecified atom stereocenters. The first kappa shape index (κ1) is 16.0. The van der Waals surface area contributed by atoms with E-state index in [-0.39, 0.29) is 23.8 Å². The fourth-order valence-corrected chi connectivity index (χ4v) is 2.10. The number of hydrogen-bond acceptors (Lipinski definition) is 5. The highest BCUT2D eigenvalue weighted by Gasteiger charge is 2.17. The van der Waals surface area contributed by atoms with Gasteiger partial charge < -0.3 is 15.9 Å². The van der Waals surface area contributed by atoms with Crippen molar-refractivity contribution >= 4 is 11.9 Å². The molecule has 0 radical (unpaired) electrons. The largest absolute Gasteiger partial charge is 0.493 e. The first-order valence-electron chi connectivity index (χ1n) is 6.76. The van der Waals surface area contributed by atoms with Gasteiger partial charge in [0, 0.05) is 0 Å². The Hall–Kier alpha value is -2.05. The van der Waals surface area contributed by atoms with Gasteiger partial charge in [-0.1, -0.05) is 19.8 Å². The Morgan fingerprint density at radius 1 is 1.40 bits per heavy atom. The van der Waals surface area contributed by atoms with E-state index in [1.54, 1.807) is 0 Å². The topological polar surface area (TPSA) is 129 Å².